The lowest BCUT2D eigenvalue weighted by molar-refractivity contribution is -0.870. The van der Waals surface area contributed by atoms with Crippen LogP contribution in [0.3, 0.4) is 0 Å². The van der Waals surface area contributed by atoms with E-state index in [2.05, 4.69) is 111 Å². The van der Waals surface area contributed by atoms with Crippen molar-refractivity contribution in [3.63, 3.8) is 0 Å². The van der Waals surface area contributed by atoms with Gasteiger partial charge in [-0.25, -0.2) is 0 Å². The minimum absolute atomic E-state index is 0.0352. The molecule has 0 fully saturated rings. The van der Waals surface area contributed by atoms with Gasteiger partial charge >= 0.3 is 11.9 Å². The second-order valence-corrected chi connectivity index (χ2v) is 23.1. The molecule has 0 bridgehead atoms. The molecule has 0 spiro atoms. The van der Waals surface area contributed by atoms with Crippen LogP contribution in [0.15, 0.2) is 97.2 Å². The fourth-order valence-corrected chi connectivity index (χ4v) is 9.13. The molecular weight excluding hydrogens is 966 g/mol. The molecule has 0 aliphatic carbocycles. The van der Waals surface area contributed by atoms with Gasteiger partial charge in [0.1, 0.15) is 19.8 Å². The highest BCUT2D eigenvalue weighted by molar-refractivity contribution is 7.45. The van der Waals surface area contributed by atoms with Crippen LogP contribution in [0.5, 0.6) is 0 Å². The lowest BCUT2D eigenvalue weighted by atomic mass is 10.0. The third-order valence-electron chi connectivity index (χ3n) is 13.1. The van der Waals surface area contributed by atoms with Crippen LogP contribution in [-0.2, 0) is 32.7 Å². The van der Waals surface area contributed by atoms with Crippen molar-refractivity contribution in [3.8, 4) is 0 Å². The number of hydrogen-bond acceptors (Lipinski definition) is 8. The Morgan fingerprint density at radius 1 is 0.408 bits per heavy atom. The van der Waals surface area contributed by atoms with E-state index in [1.807, 2.05) is 21.1 Å². The summed E-state index contributed by atoms with van der Waals surface area (Å²) in [7, 11) is 1.16. The molecule has 0 aliphatic heterocycles. The predicted octanol–water partition coefficient (Wildman–Crippen LogP) is 19.0. The number of unbranched alkanes of at least 4 members (excludes halogenated alkanes) is 26. The van der Waals surface area contributed by atoms with Gasteiger partial charge in [-0.1, -0.05) is 252 Å². The lowest BCUT2D eigenvalue weighted by Gasteiger charge is -2.28. The van der Waals surface area contributed by atoms with Crippen LogP contribution in [0.25, 0.3) is 0 Å². The number of esters is 2. The smallest absolute Gasteiger partial charge is 0.306 e. The second-order valence-electron chi connectivity index (χ2n) is 21.7. The van der Waals surface area contributed by atoms with Crippen LogP contribution < -0.4 is 4.89 Å². The average Bonchev–Trinajstić information content (AvgIpc) is 3.38. The first-order valence-corrected chi connectivity index (χ1v) is 32.4. The van der Waals surface area contributed by atoms with Crippen LogP contribution >= 0.6 is 7.82 Å². The number of carbonyl (C=O) groups is 2. The molecule has 0 saturated carbocycles. The molecule has 0 aromatic rings. The monoisotopic (exact) mass is 1080 g/mol. The molecule has 2 unspecified atom stereocenters. The van der Waals surface area contributed by atoms with Crippen LogP contribution in [0.1, 0.15) is 258 Å². The van der Waals surface area contributed by atoms with E-state index in [0.29, 0.717) is 17.4 Å². The number of hydrogen-bond donors (Lipinski definition) is 0. The van der Waals surface area contributed by atoms with Crippen molar-refractivity contribution in [3.05, 3.63) is 97.2 Å². The number of carbonyl (C=O) groups excluding carboxylic acids is 2. The summed E-state index contributed by atoms with van der Waals surface area (Å²) in [6, 6.07) is 0. The maximum Gasteiger partial charge on any atom is 0.306 e. The molecule has 438 valence electrons. The van der Waals surface area contributed by atoms with Gasteiger partial charge in [-0.15, -0.1) is 0 Å². The van der Waals surface area contributed by atoms with Crippen molar-refractivity contribution in [2.75, 3.05) is 47.5 Å². The number of phosphoric acid groups is 1. The molecule has 0 aromatic heterocycles. The summed E-state index contributed by atoms with van der Waals surface area (Å²) >= 11 is 0. The van der Waals surface area contributed by atoms with Crippen molar-refractivity contribution < 1.29 is 42.1 Å². The number of ether oxygens (including phenoxy) is 2. The molecule has 0 radical (unpaired) electrons. The normalized spacial score (nSPS) is 13.9. The first-order chi connectivity index (χ1) is 37.0. The second kappa shape index (κ2) is 56.6. The number of likely N-dealkylation sites (N-methyl/N-ethyl adjacent to an activating group) is 1. The minimum Gasteiger partial charge on any atom is -0.756 e. The summed E-state index contributed by atoms with van der Waals surface area (Å²) < 4.78 is 34.2. The summed E-state index contributed by atoms with van der Waals surface area (Å²) in [4.78, 5) is 37.9. The Balaban J connectivity index is 4.10. The Hall–Kier alpha value is -3.07. The van der Waals surface area contributed by atoms with Gasteiger partial charge < -0.3 is 27.9 Å². The number of quaternary nitrogens is 1. The Kier molecular flexibility index (Phi) is 54.4. The Morgan fingerprint density at radius 2 is 0.711 bits per heavy atom. The highest BCUT2D eigenvalue weighted by Gasteiger charge is 2.22. The number of nitrogens with zero attached hydrogens (tertiary/aromatic N) is 1. The summed E-state index contributed by atoms with van der Waals surface area (Å²) in [6.45, 7) is 4.02. The summed E-state index contributed by atoms with van der Waals surface area (Å²) in [5.41, 5.74) is 0. The maximum absolute atomic E-state index is 12.8. The molecule has 2 atom stereocenters. The van der Waals surface area contributed by atoms with Gasteiger partial charge in [-0.2, -0.15) is 0 Å². The van der Waals surface area contributed by atoms with E-state index in [1.165, 1.54) is 122 Å². The van der Waals surface area contributed by atoms with Crippen LogP contribution in [0.2, 0.25) is 0 Å². The maximum atomic E-state index is 12.8. The summed E-state index contributed by atoms with van der Waals surface area (Å²) in [5, 5.41) is 0. The van der Waals surface area contributed by atoms with E-state index in [1.54, 1.807) is 0 Å². The van der Waals surface area contributed by atoms with Crippen LogP contribution in [0, 0.1) is 0 Å². The standard InChI is InChI=1S/C66H116NO8P/c1-6-8-10-12-14-16-18-20-22-24-26-28-29-30-31-32-33-34-35-36-37-39-41-43-45-47-49-51-53-55-57-59-66(69)75-64(63-74-76(70,71)73-61-60-67(3,4)5)62-72-65(68)58-56-54-52-50-48-46-44-42-40-38-27-25-23-21-19-17-15-13-11-9-7-2/h8-11,14-17,20-23,26-28,38,64H,6-7,12-13,18-19,24-25,29-37,39-63H2,1-5H3/b10-8-,11-9-,16-14-,17-15-,22-20-,23-21-,28-26-,38-27-. The van der Waals surface area contributed by atoms with Crippen molar-refractivity contribution in [2.45, 2.75) is 264 Å². The van der Waals surface area contributed by atoms with E-state index in [9.17, 15) is 19.0 Å². The van der Waals surface area contributed by atoms with Crippen molar-refractivity contribution in [2.24, 2.45) is 0 Å². The lowest BCUT2D eigenvalue weighted by Crippen LogP contribution is -2.37. The molecule has 0 amide bonds. The van der Waals surface area contributed by atoms with Crippen molar-refractivity contribution in [1.29, 1.82) is 0 Å². The summed E-state index contributed by atoms with van der Waals surface area (Å²) in [6.07, 6.45) is 77.5. The topological polar surface area (TPSA) is 111 Å². The van der Waals surface area contributed by atoms with Crippen molar-refractivity contribution >= 4 is 19.8 Å². The fourth-order valence-electron chi connectivity index (χ4n) is 8.40. The van der Waals surface area contributed by atoms with Gasteiger partial charge in [0.05, 0.1) is 27.7 Å². The van der Waals surface area contributed by atoms with Gasteiger partial charge in [-0.05, 0) is 89.9 Å². The Labute approximate surface area is 468 Å². The van der Waals surface area contributed by atoms with Crippen LogP contribution in [-0.4, -0.2) is 70.0 Å². The van der Waals surface area contributed by atoms with E-state index >= 15 is 0 Å². The average molecular weight is 1080 g/mol. The van der Waals surface area contributed by atoms with Gasteiger partial charge in [0.25, 0.3) is 7.82 Å². The van der Waals surface area contributed by atoms with E-state index in [-0.39, 0.29) is 26.1 Å². The third-order valence-corrected chi connectivity index (χ3v) is 14.1. The number of allylic oxidation sites excluding steroid dienone is 16. The Morgan fingerprint density at radius 3 is 1.05 bits per heavy atom. The van der Waals surface area contributed by atoms with E-state index in [0.717, 1.165) is 103 Å². The molecule has 0 heterocycles. The molecule has 0 aromatic carbocycles. The van der Waals surface area contributed by atoms with Gasteiger partial charge in [0.15, 0.2) is 6.10 Å². The van der Waals surface area contributed by atoms with Gasteiger partial charge in [-0.3, -0.25) is 14.2 Å². The highest BCUT2D eigenvalue weighted by Crippen LogP contribution is 2.38. The molecule has 0 N–H and O–H groups in total. The molecule has 0 saturated heterocycles. The fraction of sp³-hybridized carbons (Fsp3) is 0.727. The molecule has 76 heavy (non-hydrogen) atoms. The molecular formula is C66H116NO8P. The Bertz CT molecular complexity index is 1600. The molecule has 9 nitrogen and oxygen atoms in total. The van der Waals surface area contributed by atoms with Gasteiger partial charge in [0, 0.05) is 12.8 Å². The van der Waals surface area contributed by atoms with E-state index in [4.69, 9.17) is 18.5 Å². The predicted molar refractivity (Wildman–Crippen MR) is 323 cm³/mol. The highest BCUT2D eigenvalue weighted by atomic mass is 31.2. The molecule has 0 rings (SSSR count). The first-order valence-electron chi connectivity index (χ1n) is 30.9. The first kappa shape index (κ1) is 72.9. The summed E-state index contributed by atoms with van der Waals surface area (Å²) in [5.74, 6) is -0.839. The zero-order valence-electron chi connectivity index (χ0n) is 49.7. The SMILES string of the molecule is CC/C=C\C/C=C\C/C=C\C/C=C\CCCCCCCCCCCCCCCCCCCCC(=O)OC(COC(=O)CCCCCCCCCC/C=C\C/C=C\C/C=C\C/C=C\CC)COP(=O)([O-])OCC[N+](C)(C)C. The number of phosphoric ester groups is 1. The molecule has 0 aliphatic rings. The number of rotatable bonds is 56. The largest absolute Gasteiger partial charge is 0.756 e. The van der Waals surface area contributed by atoms with Crippen molar-refractivity contribution in [1.82, 2.24) is 0 Å². The zero-order chi connectivity index (χ0) is 55.6. The van der Waals surface area contributed by atoms with Crippen LogP contribution in [0.4, 0.5) is 0 Å². The quantitative estimate of drug-likeness (QED) is 0.0195. The minimum atomic E-state index is -4.64. The van der Waals surface area contributed by atoms with Gasteiger partial charge in [0.2, 0.25) is 0 Å². The third kappa shape index (κ3) is 60.2. The zero-order valence-corrected chi connectivity index (χ0v) is 50.6. The van der Waals surface area contributed by atoms with E-state index < -0.39 is 32.5 Å². The molecule has 10 heteroatoms.